The van der Waals surface area contributed by atoms with E-state index in [4.69, 9.17) is 12.2 Å². The first-order valence-electron chi connectivity index (χ1n) is 2.09. The van der Waals surface area contributed by atoms with Gasteiger partial charge in [-0.05, 0) is 76.7 Å². The third-order valence-corrected chi connectivity index (χ3v) is 14.1. The maximum absolute atomic E-state index is 4.89. The summed E-state index contributed by atoms with van der Waals surface area (Å²) in [5, 5.41) is 0. The smallest absolute Gasteiger partial charge is 0.0564 e. The third-order valence-electron chi connectivity index (χ3n) is 0.293. The summed E-state index contributed by atoms with van der Waals surface area (Å²) < 4.78 is 0.976. The molecule has 0 bridgehead atoms. The third kappa shape index (κ3) is 12.9. The van der Waals surface area contributed by atoms with Crippen LogP contribution in [-0.4, -0.2) is 4.20 Å². The van der Waals surface area contributed by atoms with E-state index in [1.165, 1.54) is 9.83 Å². The molecule has 0 rings (SSSR count). The van der Waals surface area contributed by atoms with Gasteiger partial charge in [-0.1, -0.05) is 23.9 Å². The van der Waals surface area contributed by atoms with Crippen molar-refractivity contribution in [2.24, 2.45) is 0 Å². The molecule has 0 unspecified atom stereocenters. The van der Waals surface area contributed by atoms with Gasteiger partial charge in [-0.2, -0.15) is 0 Å². The number of thiol groups is 1. The highest BCUT2D eigenvalue weighted by Gasteiger charge is 1.94. The summed E-state index contributed by atoms with van der Waals surface area (Å²) in [5.74, 6) is 0. The fourth-order valence-corrected chi connectivity index (χ4v) is 14.5. The molecule has 0 radical (unpaired) electrons. The molecule has 0 aromatic carbocycles. The van der Waals surface area contributed by atoms with Crippen molar-refractivity contribution in [3.63, 3.8) is 0 Å². The van der Waals surface area contributed by atoms with Gasteiger partial charge in [-0.3, -0.25) is 0 Å². The van der Waals surface area contributed by atoms with Crippen LogP contribution in [0.3, 0.4) is 0 Å². The summed E-state index contributed by atoms with van der Waals surface area (Å²) in [6.45, 7) is 1.93. The molecule has 0 atom stereocenters. The lowest BCUT2D eigenvalue weighted by atomic mass is 11.0. The lowest BCUT2D eigenvalue weighted by molar-refractivity contribution is 2.12. The summed E-state index contributed by atoms with van der Waals surface area (Å²) in [4.78, 5) is 0. The highest BCUT2D eigenvalue weighted by molar-refractivity contribution is 9.48. The van der Waals surface area contributed by atoms with Crippen molar-refractivity contribution >= 4 is 97.8 Å². The van der Waals surface area contributed by atoms with Crippen LogP contribution < -0.4 is 0 Å². The first kappa shape index (κ1) is 13.9. The molecule has 0 spiro atoms. The monoisotopic (exact) mass is 316 g/mol. The average Bonchev–Trinajstić information content (AvgIpc) is 1.96. The quantitative estimate of drug-likeness (QED) is 0.279. The molecule has 0 aromatic rings. The maximum Gasteiger partial charge on any atom is 0.0564 e. The zero-order valence-electron chi connectivity index (χ0n) is 5.21. The van der Waals surface area contributed by atoms with Crippen LogP contribution in [-0.2, 0) is 0 Å². The Balaban J connectivity index is 2.85. The first-order valence-corrected chi connectivity index (χ1v) is 12.4. The van der Waals surface area contributed by atoms with Gasteiger partial charge in [-0.15, -0.1) is 0 Å². The summed E-state index contributed by atoms with van der Waals surface area (Å²) in [6.07, 6.45) is 0. The molecular weight excluding hydrogens is 313 g/mol. The number of hydrogen-bond acceptors (Lipinski definition) is 9. The standard InChI is InChI=1S/C2H4S9/c1-2(3)5-7-9-11-10-8-6-4/h4H,1H3. The molecular formula is C2H4S9. The lowest BCUT2D eigenvalue weighted by Gasteiger charge is -1.94. The Morgan fingerprint density at radius 1 is 1.09 bits per heavy atom. The van der Waals surface area contributed by atoms with Crippen molar-refractivity contribution in [2.75, 3.05) is 0 Å². The second-order valence-corrected chi connectivity index (χ2v) is 13.9. The molecule has 0 nitrogen and oxygen atoms in total. The molecule has 0 heterocycles. The van der Waals surface area contributed by atoms with E-state index in [1.54, 1.807) is 59.9 Å². The van der Waals surface area contributed by atoms with E-state index in [9.17, 15) is 0 Å². The van der Waals surface area contributed by atoms with Crippen LogP contribution in [0.4, 0.5) is 0 Å². The van der Waals surface area contributed by atoms with Gasteiger partial charge < -0.3 is 0 Å². The lowest BCUT2D eigenvalue weighted by Crippen LogP contribution is -1.64. The average molecular weight is 317 g/mol. The van der Waals surface area contributed by atoms with E-state index in [0.29, 0.717) is 0 Å². The van der Waals surface area contributed by atoms with Gasteiger partial charge >= 0.3 is 0 Å². The van der Waals surface area contributed by atoms with Gasteiger partial charge in [0.2, 0.25) is 0 Å². The Kier molecular flexibility index (Phi) is 13.8. The number of hydrogen-bond donors (Lipinski definition) is 1. The fourth-order valence-electron chi connectivity index (χ4n) is 0.108. The minimum atomic E-state index is 0.976. The van der Waals surface area contributed by atoms with Crippen LogP contribution in [0.25, 0.3) is 0 Å². The molecule has 0 N–H and O–H groups in total. The van der Waals surface area contributed by atoms with Crippen molar-refractivity contribution < 1.29 is 0 Å². The Bertz CT molecular complexity index is 99.7. The van der Waals surface area contributed by atoms with Crippen LogP contribution in [0, 0.1) is 0 Å². The second kappa shape index (κ2) is 11.0. The maximum atomic E-state index is 4.89. The Morgan fingerprint density at radius 3 is 2.18 bits per heavy atom. The molecule has 0 amide bonds. The minimum Gasteiger partial charge on any atom is -0.0988 e. The van der Waals surface area contributed by atoms with Crippen LogP contribution >= 0.6 is 93.6 Å². The molecule has 0 saturated heterocycles. The SMILES string of the molecule is CC(=S)SSSSSSSS. The van der Waals surface area contributed by atoms with E-state index in [1.807, 2.05) is 6.92 Å². The predicted octanol–water partition coefficient (Wildman–Crippen LogP) is 5.80. The highest BCUT2D eigenvalue weighted by atomic mass is 34.0. The van der Waals surface area contributed by atoms with Gasteiger partial charge in [0, 0.05) is 0 Å². The Morgan fingerprint density at radius 2 is 1.64 bits per heavy atom. The van der Waals surface area contributed by atoms with E-state index in [2.05, 4.69) is 11.7 Å². The summed E-state index contributed by atoms with van der Waals surface area (Å²) in [6, 6.07) is 0. The zero-order chi connectivity index (χ0) is 8.53. The summed E-state index contributed by atoms with van der Waals surface area (Å²) >= 11 is 8.87. The molecule has 0 saturated carbocycles. The van der Waals surface area contributed by atoms with Gasteiger partial charge in [0.05, 0.1) is 4.20 Å². The van der Waals surface area contributed by atoms with Crippen LogP contribution in [0.5, 0.6) is 0 Å². The summed E-state index contributed by atoms with van der Waals surface area (Å²) in [7, 11) is 11.6. The number of thiocarbonyl (C=S) groups is 1. The van der Waals surface area contributed by atoms with Gasteiger partial charge in [-0.25, -0.2) is 0 Å². The molecule has 0 aliphatic rings. The molecule has 66 valence electrons. The van der Waals surface area contributed by atoms with E-state index in [-0.39, 0.29) is 0 Å². The summed E-state index contributed by atoms with van der Waals surface area (Å²) in [5.41, 5.74) is 0. The predicted molar refractivity (Wildman–Crippen MR) is 80.4 cm³/mol. The zero-order valence-corrected chi connectivity index (χ0v) is 12.6. The van der Waals surface area contributed by atoms with E-state index >= 15 is 0 Å². The highest BCUT2D eigenvalue weighted by Crippen LogP contribution is 2.55. The number of rotatable bonds is 6. The van der Waals surface area contributed by atoms with Gasteiger partial charge in [0.25, 0.3) is 0 Å². The van der Waals surface area contributed by atoms with Gasteiger partial charge in [0.15, 0.2) is 0 Å². The van der Waals surface area contributed by atoms with Crippen LogP contribution in [0.15, 0.2) is 0 Å². The Labute approximate surface area is 103 Å². The molecule has 9 heteroatoms. The van der Waals surface area contributed by atoms with Crippen molar-refractivity contribution in [3.8, 4) is 0 Å². The normalized spacial score (nSPS) is 10.0. The first-order chi connectivity index (χ1) is 5.27. The molecule has 0 aliphatic carbocycles. The van der Waals surface area contributed by atoms with Gasteiger partial charge in [0.1, 0.15) is 0 Å². The van der Waals surface area contributed by atoms with Crippen LogP contribution in [0.2, 0.25) is 0 Å². The second-order valence-electron chi connectivity index (χ2n) is 0.990. The largest absolute Gasteiger partial charge is 0.0988 e. The van der Waals surface area contributed by atoms with Crippen molar-refractivity contribution in [3.05, 3.63) is 0 Å². The minimum absolute atomic E-state index is 0.976. The molecule has 0 aromatic heterocycles. The Hall–Kier alpha value is 2.89. The molecule has 0 fully saturated rings. The fraction of sp³-hybridized carbons (Fsp3) is 0.500. The van der Waals surface area contributed by atoms with Crippen molar-refractivity contribution in [1.29, 1.82) is 0 Å². The van der Waals surface area contributed by atoms with Crippen molar-refractivity contribution in [2.45, 2.75) is 6.92 Å². The van der Waals surface area contributed by atoms with Crippen LogP contribution in [0.1, 0.15) is 6.92 Å². The van der Waals surface area contributed by atoms with E-state index in [0.717, 1.165) is 4.20 Å². The topological polar surface area (TPSA) is 0 Å². The van der Waals surface area contributed by atoms with E-state index < -0.39 is 0 Å². The molecule has 11 heavy (non-hydrogen) atoms. The molecule has 0 aliphatic heterocycles. The van der Waals surface area contributed by atoms with Crippen molar-refractivity contribution in [1.82, 2.24) is 0 Å².